The van der Waals surface area contributed by atoms with Crippen molar-refractivity contribution >= 4 is 0 Å². The highest BCUT2D eigenvalue weighted by molar-refractivity contribution is 5.04. The maximum Gasteiger partial charge on any atom is 0.256 e. The van der Waals surface area contributed by atoms with Crippen molar-refractivity contribution in [1.29, 1.82) is 0 Å². The average molecular weight is 189 g/mol. The van der Waals surface area contributed by atoms with Crippen molar-refractivity contribution in [2.75, 3.05) is 13.1 Å². The molecule has 0 radical (unpaired) electrons. The third-order valence-electron chi connectivity index (χ3n) is 3.49. The summed E-state index contributed by atoms with van der Waals surface area (Å²) in [7, 11) is 0. The van der Waals surface area contributed by atoms with Crippen LogP contribution in [0.4, 0.5) is 8.78 Å². The lowest BCUT2D eigenvalue weighted by molar-refractivity contribution is -0.236. The first-order valence-electron chi connectivity index (χ1n) is 4.94. The van der Waals surface area contributed by atoms with Gasteiger partial charge in [0.15, 0.2) is 0 Å². The van der Waals surface area contributed by atoms with E-state index in [4.69, 9.17) is 0 Å². The molecule has 0 aromatic heterocycles. The van der Waals surface area contributed by atoms with Crippen LogP contribution in [0.15, 0.2) is 0 Å². The molecule has 0 spiro atoms. The van der Waals surface area contributed by atoms with E-state index in [1.165, 1.54) is 0 Å². The molecule has 1 saturated carbocycles. The van der Waals surface area contributed by atoms with Gasteiger partial charge < -0.3 is 0 Å². The van der Waals surface area contributed by atoms with E-state index in [9.17, 15) is 8.78 Å². The molecule has 13 heavy (non-hydrogen) atoms. The summed E-state index contributed by atoms with van der Waals surface area (Å²) in [5.74, 6) is -3.10. The number of hydrogen-bond acceptors (Lipinski definition) is 1. The van der Waals surface area contributed by atoms with Gasteiger partial charge in [-0.25, -0.2) is 8.78 Å². The van der Waals surface area contributed by atoms with E-state index in [2.05, 4.69) is 25.7 Å². The summed E-state index contributed by atoms with van der Waals surface area (Å²) < 4.78 is 26.4. The highest BCUT2D eigenvalue weighted by Crippen LogP contribution is 2.53. The molecule has 0 amide bonds. The van der Waals surface area contributed by atoms with Crippen LogP contribution in [-0.2, 0) is 0 Å². The van der Waals surface area contributed by atoms with Gasteiger partial charge in [0.1, 0.15) is 0 Å². The van der Waals surface area contributed by atoms with Crippen molar-refractivity contribution < 1.29 is 8.78 Å². The number of nitrogens with zero attached hydrogens (tertiary/aromatic N) is 1. The summed E-state index contributed by atoms with van der Waals surface area (Å²) in [5.41, 5.74) is 0.0490. The van der Waals surface area contributed by atoms with Gasteiger partial charge in [0, 0.05) is 30.5 Å². The van der Waals surface area contributed by atoms with Gasteiger partial charge in [-0.05, 0) is 27.2 Å². The third-order valence-corrected chi connectivity index (χ3v) is 3.49. The molecule has 3 fully saturated rings. The van der Waals surface area contributed by atoms with E-state index in [1.807, 2.05) is 0 Å². The number of fused-ring (bicyclic) bond motifs is 2. The van der Waals surface area contributed by atoms with Gasteiger partial charge in [0.05, 0.1) is 0 Å². The summed E-state index contributed by atoms with van der Waals surface area (Å²) in [5, 5.41) is 0. The van der Waals surface area contributed by atoms with Crippen LogP contribution < -0.4 is 0 Å². The zero-order valence-electron chi connectivity index (χ0n) is 8.48. The SMILES string of the molecule is CC(C)(C)N1CC2CC(C1)C2(F)F. The molecule has 2 aliphatic heterocycles. The van der Waals surface area contributed by atoms with Gasteiger partial charge in [0.2, 0.25) is 0 Å². The van der Waals surface area contributed by atoms with Crippen molar-refractivity contribution in [2.24, 2.45) is 11.8 Å². The summed E-state index contributed by atoms with van der Waals surface area (Å²) in [6.45, 7) is 7.43. The number of rotatable bonds is 0. The minimum Gasteiger partial charge on any atom is -0.297 e. The fourth-order valence-corrected chi connectivity index (χ4v) is 2.38. The van der Waals surface area contributed by atoms with Gasteiger partial charge in [-0.3, -0.25) is 4.90 Å². The van der Waals surface area contributed by atoms with Gasteiger partial charge in [0.25, 0.3) is 5.92 Å². The highest BCUT2D eigenvalue weighted by atomic mass is 19.3. The van der Waals surface area contributed by atoms with Crippen LogP contribution in [0.3, 0.4) is 0 Å². The second-order valence-electron chi connectivity index (χ2n) is 5.38. The van der Waals surface area contributed by atoms with E-state index in [0.29, 0.717) is 13.1 Å². The maximum absolute atomic E-state index is 13.2. The summed E-state index contributed by atoms with van der Waals surface area (Å²) in [4.78, 5) is 2.18. The lowest BCUT2D eigenvalue weighted by atomic mass is 9.66. The molecule has 0 aromatic carbocycles. The van der Waals surface area contributed by atoms with E-state index in [1.54, 1.807) is 0 Å². The van der Waals surface area contributed by atoms with Gasteiger partial charge in [-0.15, -0.1) is 0 Å². The smallest absolute Gasteiger partial charge is 0.256 e. The topological polar surface area (TPSA) is 3.24 Å². The molecule has 1 nitrogen and oxygen atoms in total. The van der Waals surface area contributed by atoms with Crippen molar-refractivity contribution in [1.82, 2.24) is 4.90 Å². The standard InChI is InChI=1S/C10H17F2N/c1-9(2,3)13-5-7-4-8(6-13)10(7,11)12/h7-8H,4-6H2,1-3H3. The Morgan fingerprint density at radius 2 is 1.62 bits per heavy atom. The van der Waals surface area contributed by atoms with E-state index in [0.717, 1.165) is 6.42 Å². The largest absolute Gasteiger partial charge is 0.297 e. The van der Waals surface area contributed by atoms with Crippen LogP contribution in [0.25, 0.3) is 0 Å². The van der Waals surface area contributed by atoms with Crippen LogP contribution in [0, 0.1) is 11.8 Å². The molecule has 2 bridgehead atoms. The van der Waals surface area contributed by atoms with E-state index < -0.39 is 5.92 Å². The molecule has 2 unspecified atom stereocenters. The predicted octanol–water partition coefficient (Wildman–Crippen LogP) is 2.37. The Labute approximate surface area is 78.1 Å². The molecule has 3 rings (SSSR count). The molecule has 2 saturated heterocycles. The Balaban J connectivity index is 2.05. The molecule has 2 heterocycles. The van der Waals surface area contributed by atoms with Gasteiger partial charge in [-0.1, -0.05) is 0 Å². The monoisotopic (exact) mass is 189 g/mol. The highest BCUT2D eigenvalue weighted by Gasteiger charge is 2.61. The summed E-state index contributed by atoms with van der Waals surface area (Å²) >= 11 is 0. The third kappa shape index (κ3) is 1.28. The Morgan fingerprint density at radius 3 is 1.92 bits per heavy atom. The van der Waals surface area contributed by atoms with Crippen molar-refractivity contribution in [2.45, 2.75) is 38.7 Å². The molecule has 0 aromatic rings. The fraction of sp³-hybridized carbons (Fsp3) is 1.00. The van der Waals surface area contributed by atoms with Crippen molar-refractivity contribution in [3.8, 4) is 0 Å². The second-order valence-corrected chi connectivity index (χ2v) is 5.38. The minimum atomic E-state index is -2.36. The molecular formula is C10H17F2N. The minimum absolute atomic E-state index is 0.0490. The normalized spacial score (nSPS) is 38.5. The molecule has 3 heteroatoms. The van der Waals surface area contributed by atoms with Gasteiger partial charge in [-0.2, -0.15) is 0 Å². The second kappa shape index (κ2) is 2.44. The number of hydrogen-bond donors (Lipinski definition) is 0. The van der Waals surface area contributed by atoms with Gasteiger partial charge >= 0.3 is 0 Å². The zero-order chi connectivity index (χ0) is 9.85. The Kier molecular flexibility index (Phi) is 1.76. The number of piperidine rings is 2. The molecule has 76 valence electrons. The first-order chi connectivity index (χ1) is 5.82. The molecule has 2 atom stereocenters. The Morgan fingerprint density at radius 1 is 1.15 bits per heavy atom. The van der Waals surface area contributed by atoms with E-state index >= 15 is 0 Å². The number of alkyl halides is 2. The van der Waals surface area contributed by atoms with Crippen LogP contribution >= 0.6 is 0 Å². The number of halogens is 2. The lowest BCUT2D eigenvalue weighted by Crippen LogP contribution is -2.65. The van der Waals surface area contributed by atoms with Crippen LogP contribution in [0.5, 0.6) is 0 Å². The average Bonchev–Trinajstić information content (AvgIpc) is 2.03. The van der Waals surface area contributed by atoms with Crippen molar-refractivity contribution in [3.63, 3.8) is 0 Å². The molecule has 3 aliphatic rings. The zero-order valence-corrected chi connectivity index (χ0v) is 8.48. The molecule has 1 aliphatic carbocycles. The van der Waals surface area contributed by atoms with Crippen molar-refractivity contribution in [3.05, 3.63) is 0 Å². The van der Waals surface area contributed by atoms with Crippen LogP contribution in [0.2, 0.25) is 0 Å². The quantitative estimate of drug-likeness (QED) is 0.565. The predicted molar refractivity (Wildman–Crippen MR) is 47.9 cm³/mol. The Hall–Kier alpha value is -0.180. The maximum atomic E-state index is 13.2. The lowest BCUT2D eigenvalue weighted by Gasteiger charge is -2.56. The first kappa shape index (κ1) is 9.38. The fourth-order valence-electron chi connectivity index (χ4n) is 2.38. The van der Waals surface area contributed by atoms with Crippen LogP contribution in [0.1, 0.15) is 27.2 Å². The Bertz CT molecular complexity index is 205. The molecule has 0 N–H and O–H groups in total. The summed E-state index contributed by atoms with van der Waals surface area (Å²) in [6, 6.07) is 0. The van der Waals surface area contributed by atoms with Crippen LogP contribution in [-0.4, -0.2) is 29.5 Å². The molecular weight excluding hydrogens is 172 g/mol. The first-order valence-corrected chi connectivity index (χ1v) is 4.94. The van der Waals surface area contributed by atoms with E-state index in [-0.39, 0.29) is 17.4 Å². The summed E-state index contributed by atoms with van der Waals surface area (Å²) in [6.07, 6.45) is 0.736.